The van der Waals surface area contributed by atoms with E-state index < -0.39 is 0 Å². The number of ether oxygens (including phenoxy) is 1. The Balaban J connectivity index is 2.11. The molecule has 5 heteroatoms. The molecule has 0 aliphatic rings. The Hall–Kier alpha value is -2.53. The van der Waals surface area contributed by atoms with Crippen molar-refractivity contribution in [3.63, 3.8) is 0 Å². The maximum absolute atomic E-state index is 9.22. The van der Waals surface area contributed by atoms with Crippen molar-refractivity contribution in [2.24, 2.45) is 10.9 Å². The quantitative estimate of drug-likeness (QED) is 0.335. The Morgan fingerprint density at radius 3 is 2.70 bits per heavy atom. The predicted molar refractivity (Wildman–Crippen MR) is 75.6 cm³/mol. The van der Waals surface area contributed by atoms with Crippen LogP contribution in [0.5, 0.6) is 5.75 Å². The summed E-state index contributed by atoms with van der Waals surface area (Å²) in [6.45, 7) is 0.268. The van der Waals surface area contributed by atoms with Gasteiger partial charge in [-0.25, -0.2) is 0 Å². The molecule has 0 saturated carbocycles. The molecule has 104 valence electrons. The fraction of sp³-hybridized carbons (Fsp3) is 0.133. The number of nitrogens with two attached hydrogens (primary N) is 1. The van der Waals surface area contributed by atoms with Gasteiger partial charge in [-0.1, -0.05) is 41.6 Å². The number of nitrogens with zero attached hydrogens (tertiary/aromatic N) is 1. The molecule has 0 spiro atoms. The number of para-hydroxylation sites is 1. The monoisotopic (exact) mass is 272 g/mol. The number of hydrogen-bond donors (Lipinski definition) is 3. The normalized spacial score (nSPS) is 11.3. The third-order valence-corrected chi connectivity index (χ3v) is 2.87. The van der Waals surface area contributed by atoms with E-state index in [0.29, 0.717) is 17.9 Å². The molecule has 0 amide bonds. The minimum atomic E-state index is -0.0691. The van der Waals surface area contributed by atoms with Gasteiger partial charge < -0.3 is 20.8 Å². The van der Waals surface area contributed by atoms with E-state index in [9.17, 15) is 5.11 Å². The van der Waals surface area contributed by atoms with Gasteiger partial charge in [-0.2, -0.15) is 0 Å². The molecule has 0 saturated heterocycles. The molecule has 2 aromatic carbocycles. The molecule has 20 heavy (non-hydrogen) atoms. The highest BCUT2D eigenvalue weighted by molar-refractivity contribution is 5.97. The summed E-state index contributed by atoms with van der Waals surface area (Å²) in [5, 5.41) is 20.8. The lowest BCUT2D eigenvalue weighted by atomic mass is 10.1. The first-order chi connectivity index (χ1) is 9.74. The number of aliphatic hydroxyl groups excluding tert-OH is 1. The molecule has 0 aliphatic heterocycles. The molecule has 0 fully saturated rings. The van der Waals surface area contributed by atoms with Crippen LogP contribution in [0.25, 0.3) is 0 Å². The fourth-order valence-electron chi connectivity index (χ4n) is 1.81. The predicted octanol–water partition coefficient (Wildman–Crippen LogP) is 1.85. The largest absolute Gasteiger partial charge is 0.489 e. The molecule has 0 unspecified atom stereocenters. The van der Waals surface area contributed by atoms with Crippen molar-refractivity contribution in [3.05, 3.63) is 65.2 Å². The molecule has 4 N–H and O–H groups in total. The highest BCUT2D eigenvalue weighted by Crippen LogP contribution is 2.19. The summed E-state index contributed by atoms with van der Waals surface area (Å²) < 4.78 is 5.68. The molecule has 0 radical (unpaired) electrons. The maximum Gasteiger partial charge on any atom is 0.170 e. The van der Waals surface area contributed by atoms with Crippen LogP contribution in [0, 0.1) is 0 Å². The Bertz CT molecular complexity index is 612. The van der Waals surface area contributed by atoms with E-state index in [1.807, 2.05) is 30.3 Å². The summed E-state index contributed by atoms with van der Waals surface area (Å²) in [5.41, 5.74) is 7.80. The minimum Gasteiger partial charge on any atom is -0.489 e. The van der Waals surface area contributed by atoms with Gasteiger partial charge in [0.25, 0.3) is 0 Å². The van der Waals surface area contributed by atoms with Gasteiger partial charge in [-0.05, 0) is 17.7 Å². The number of oxime groups is 1. The smallest absolute Gasteiger partial charge is 0.170 e. The van der Waals surface area contributed by atoms with Gasteiger partial charge in [0.2, 0.25) is 0 Å². The molecule has 0 atom stereocenters. The first kappa shape index (κ1) is 13.9. The van der Waals surface area contributed by atoms with Gasteiger partial charge in [-0.15, -0.1) is 0 Å². The van der Waals surface area contributed by atoms with E-state index in [2.05, 4.69) is 5.16 Å². The van der Waals surface area contributed by atoms with E-state index in [1.54, 1.807) is 18.2 Å². The Morgan fingerprint density at radius 1 is 1.15 bits per heavy atom. The van der Waals surface area contributed by atoms with Crippen molar-refractivity contribution in [2.45, 2.75) is 13.2 Å². The zero-order valence-electron chi connectivity index (χ0n) is 10.9. The summed E-state index contributed by atoms with van der Waals surface area (Å²) in [5.74, 6) is 0.701. The van der Waals surface area contributed by atoms with Crippen LogP contribution in [0.15, 0.2) is 53.7 Å². The average Bonchev–Trinajstić information content (AvgIpc) is 2.52. The summed E-state index contributed by atoms with van der Waals surface area (Å²) in [7, 11) is 0. The van der Waals surface area contributed by atoms with Crippen LogP contribution in [0.4, 0.5) is 0 Å². The Morgan fingerprint density at radius 2 is 1.95 bits per heavy atom. The lowest BCUT2D eigenvalue weighted by molar-refractivity contribution is 0.259. The number of amidine groups is 1. The summed E-state index contributed by atoms with van der Waals surface area (Å²) in [6.07, 6.45) is 0. The Labute approximate surface area is 116 Å². The van der Waals surface area contributed by atoms with Crippen LogP contribution in [-0.2, 0) is 13.2 Å². The fourth-order valence-corrected chi connectivity index (χ4v) is 1.81. The van der Waals surface area contributed by atoms with Gasteiger partial charge in [0.15, 0.2) is 5.84 Å². The van der Waals surface area contributed by atoms with Crippen molar-refractivity contribution < 1.29 is 15.1 Å². The maximum atomic E-state index is 9.22. The molecule has 0 aromatic heterocycles. The second kappa shape index (κ2) is 6.58. The third-order valence-electron chi connectivity index (χ3n) is 2.87. The summed E-state index contributed by atoms with van der Waals surface area (Å²) in [4.78, 5) is 0. The molecular formula is C15H16N2O3. The summed E-state index contributed by atoms with van der Waals surface area (Å²) >= 11 is 0. The van der Waals surface area contributed by atoms with Crippen molar-refractivity contribution in [1.82, 2.24) is 0 Å². The van der Waals surface area contributed by atoms with Crippen LogP contribution in [-0.4, -0.2) is 16.1 Å². The first-order valence-electron chi connectivity index (χ1n) is 6.13. The van der Waals surface area contributed by atoms with E-state index in [4.69, 9.17) is 15.7 Å². The molecular weight excluding hydrogens is 256 g/mol. The van der Waals surface area contributed by atoms with Crippen molar-refractivity contribution in [3.8, 4) is 5.75 Å². The Kier molecular flexibility index (Phi) is 4.57. The topological polar surface area (TPSA) is 88.1 Å². The number of rotatable bonds is 5. The first-order valence-corrected chi connectivity index (χ1v) is 6.13. The second-order valence-corrected chi connectivity index (χ2v) is 4.24. The highest BCUT2D eigenvalue weighted by atomic mass is 16.5. The molecule has 2 aromatic rings. The van der Waals surface area contributed by atoms with Gasteiger partial charge in [-0.3, -0.25) is 0 Å². The minimum absolute atomic E-state index is 0.0580. The van der Waals surface area contributed by atoms with Gasteiger partial charge in [0.05, 0.1) is 6.61 Å². The number of aliphatic hydroxyl groups is 1. The number of hydrogen-bond acceptors (Lipinski definition) is 4. The van der Waals surface area contributed by atoms with Crippen molar-refractivity contribution in [2.75, 3.05) is 0 Å². The van der Waals surface area contributed by atoms with Crippen LogP contribution in [0.1, 0.15) is 16.7 Å². The average molecular weight is 272 g/mol. The highest BCUT2D eigenvalue weighted by Gasteiger charge is 2.04. The van der Waals surface area contributed by atoms with E-state index in [-0.39, 0.29) is 12.4 Å². The standard InChI is InChI=1S/C15H16N2O3/c16-15(17-19)12-6-3-4-11(8-12)10-20-14-7-2-1-5-13(14)9-18/h1-8,18-19H,9-10H2,(H2,16,17). The van der Waals surface area contributed by atoms with Gasteiger partial charge in [0, 0.05) is 11.1 Å². The molecule has 0 aliphatic carbocycles. The van der Waals surface area contributed by atoms with Crippen LogP contribution >= 0.6 is 0 Å². The zero-order valence-corrected chi connectivity index (χ0v) is 10.9. The molecule has 0 bridgehead atoms. The van der Waals surface area contributed by atoms with Crippen LogP contribution in [0.2, 0.25) is 0 Å². The lowest BCUT2D eigenvalue weighted by Gasteiger charge is -2.10. The van der Waals surface area contributed by atoms with E-state index in [0.717, 1.165) is 11.1 Å². The van der Waals surface area contributed by atoms with Crippen LogP contribution < -0.4 is 10.5 Å². The SMILES string of the molecule is NC(=NO)c1cccc(COc2ccccc2CO)c1. The van der Waals surface area contributed by atoms with Crippen molar-refractivity contribution in [1.29, 1.82) is 0 Å². The van der Waals surface area contributed by atoms with E-state index in [1.165, 1.54) is 0 Å². The van der Waals surface area contributed by atoms with Gasteiger partial charge >= 0.3 is 0 Å². The van der Waals surface area contributed by atoms with Gasteiger partial charge in [0.1, 0.15) is 12.4 Å². The van der Waals surface area contributed by atoms with Crippen LogP contribution in [0.3, 0.4) is 0 Å². The second-order valence-electron chi connectivity index (χ2n) is 4.24. The van der Waals surface area contributed by atoms with E-state index >= 15 is 0 Å². The van der Waals surface area contributed by atoms with Crippen molar-refractivity contribution >= 4 is 5.84 Å². The zero-order chi connectivity index (χ0) is 14.4. The lowest BCUT2D eigenvalue weighted by Crippen LogP contribution is -2.13. The molecule has 0 heterocycles. The summed E-state index contributed by atoms with van der Waals surface area (Å²) in [6, 6.07) is 14.5. The molecule has 2 rings (SSSR count). The molecule has 5 nitrogen and oxygen atoms in total. The number of benzene rings is 2. The third kappa shape index (κ3) is 3.27.